The molecule has 3 aromatic rings. The Kier molecular flexibility index (Phi) is 7.41. The second-order valence-electron chi connectivity index (χ2n) is 10.2. The number of amides is 1. The lowest BCUT2D eigenvalue weighted by Gasteiger charge is -2.21. The summed E-state index contributed by atoms with van der Waals surface area (Å²) >= 11 is 0. The Morgan fingerprint density at radius 2 is 1.83 bits per heavy atom. The molecule has 0 unspecified atom stereocenters. The third-order valence-corrected chi connectivity index (χ3v) is 6.35. The molecule has 1 N–H and O–H groups in total. The maximum Gasteiger partial charge on any atom is 0.419 e. The molecular weight excluding hydrogens is 454 g/mol. The maximum atomic E-state index is 13.5. The number of fused-ring (bicyclic) bond motifs is 2. The molecule has 1 amide bonds. The molecule has 36 heavy (non-hydrogen) atoms. The van der Waals surface area contributed by atoms with Crippen LogP contribution in [0.15, 0.2) is 36.4 Å². The van der Waals surface area contributed by atoms with Crippen molar-refractivity contribution in [3.63, 3.8) is 0 Å². The molecule has 0 bridgehead atoms. The molecule has 0 spiro atoms. The average molecular weight is 492 g/mol. The summed E-state index contributed by atoms with van der Waals surface area (Å²) in [6, 6.07) is 11.9. The molecule has 2 aromatic carbocycles. The number of carbonyl (C=O) groups is 2. The van der Waals surface area contributed by atoms with Crippen LogP contribution in [0, 0.1) is 0 Å². The third-order valence-electron chi connectivity index (χ3n) is 6.35. The second-order valence-corrected chi connectivity index (χ2v) is 10.2. The van der Waals surface area contributed by atoms with Gasteiger partial charge in [-0.15, -0.1) is 0 Å². The monoisotopic (exact) mass is 491 g/mol. The van der Waals surface area contributed by atoms with Gasteiger partial charge in [0.25, 0.3) is 5.91 Å². The summed E-state index contributed by atoms with van der Waals surface area (Å²) in [6.45, 7) is 15.7. The lowest BCUT2D eigenvalue weighted by atomic mass is 9.99. The SMILES string of the molecule is CCCOc1cc2c(c(-c3cc4cc(CN(CC)CC)ccc4n3C(=O)OC(C)(C)C)c1)C(=O)NC2. The highest BCUT2D eigenvalue weighted by Crippen LogP contribution is 2.37. The summed E-state index contributed by atoms with van der Waals surface area (Å²) in [6.07, 6.45) is 0.396. The Labute approximate surface area is 213 Å². The summed E-state index contributed by atoms with van der Waals surface area (Å²) in [5.74, 6) is 0.538. The molecule has 0 aliphatic carbocycles. The van der Waals surface area contributed by atoms with Crippen molar-refractivity contribution in [2.75, 3.05) is 19.7 Å². The summed E-state index contributed by atoms with van der Waals surface area (Å²) in [5, 5.41) is 3.84. The van der Waals surface area contributed by atoms with Crippen LogP contribution in [0.5, 0.6) is 5.75 Å². The highest BCUT2D eigenvalue weighted by molar-refractivity contribution is 6.07. The van der Waals surface area contributed by atoms with E-state index in [1.165, 1.54) is 5.56 Å². The zero-order chi connectivity index (χ0) is 26.0. The summed E-state index contributed by atoms with van der Waals surface area (Å²) in [7, 11) is 0. The molecule has 1 aliphatic heterocycles. The van der Waals surface area contributed by atoms with Gasteiger partial charge in [0, 0.05) is 24.0 Å². The van der Waals surface area contributed by atoms with E-state index in [9.17, 15) is 9.59 Å². The second kappa shape index (κ2) is 10.3. The van der Waals surface area contributed by atoms with Crippen LogP contribution in [0.25, 0.3) is 22.2 Å². The first-order chi connectivity index (χ1) is 17.1. The van der Waals surface area contributed by atoms with Crippen LogP contribution in [-0.4, -0.2) is 46.8 Å². The van der Waals surface area contributed by atoms with Crippen LogP contribution in [-0.2, 0) is 17.8 Å². The molecule has 1 aliphatic rings. The van der Waals surface area contributed by atoms with Gasteiger partial charge in [-0.1, -0.05) is 26.8 Å². The first-order valence-corrected chi connectivity index (χ1v) is 12.8. The van der Waals surface area contributed by atoms with E-state index < -0.39 is 11.7 Å². The molecule has 1 aromatic heterocycles. The van der Waals surface area contributed by atoms with Crippen LogP contribution >= 0.6 is 0 Å². The summed E-state index contributed by atoms with van der Waals surface area (Å²) < 4.78 is 13.3. The number of hydrogen-bond donors (Lipinski definition) is 1. The van der Waals surface area contributed by atoms with Crippen LogP contribution < -0.4 is 10.1 Å². The van der Waals surface area contributed by atoms with Crippen molar-refractivity contribution in [2.45, 2.75) is 66.7 Å². The molecule has 4 rings (SSSR count). The van der Waals surface area contributed by atoms with E-state index in [-0.39, 0.29) is 5.91 Å². The number of aromatic nitrogens is 1. The van der Waals surface area contributed by atoms with Gasteiger partial charge < -0.3 is 14.8 Å². The Balaban J connectivity index is 1.92. The predicted octanol–water partition coefficient (Wildman–Crippen LogP) is 5.97. The molecule has 2 heterocycles. The van der Waals surface area contributed by atoms with Crippen molar-refractivity contribution in [1.29, 1.82) is 0 Å². The Hall–Kier alpha value is -3.32. The van der Waals surface area contributed by atoms with E-state index in [0.717, 1.165) is 42.5 Å². The fourth-order valence-electron chi connectivity index (χ4n) is 4.62. The van der Waals surface area contributed by atoms with E-state index in [1.807, 2.05) is 45.0 Å². The molecule has 0 saturated carbocycles. The van der Waals surface area contributed by atoms with Gasteiger partial charge in [-0.3, -0.25) is 9.69 Å². The standard InChI is InChI=1S/C29H37N3O4/c1-7-12-35-22-14-21-17-30-27(33)26(21)23(16-22)25-15-20-13-19(18-31(8-2)9-3)10-11-24(20)32(25)28(34)36-29(4,5)6/h10-11,13-16H,7-9,12,17-18H2,1-6H3,(H,30,33). The number of nitrogens with zero attached hydrogens (tertiary/aromatic N) is 2. The lowest BCUT2D eigenvalue weighted by Crippen LogP contribution is -2.27. The van der Waals surface area contributed by atoms with Crippen molar-refractivity contribution < 1.29 is 19.1 Å². The van der Waals surface area contributed by atoms with Crippen LogP contribution in [0.3, 0.4) is 0 Å². The first-order valence-electron chi connectivity index (χ1n) is 12.8. The zero-order valence-corrected chi connectivity index (χ0v) is 22.2. The fraction of sp³-hybridized carbons (Fsp3) is 0.448. The summed E-state index contributed by atoms with van der Waals surface area (Å²) in [5.41, 5.74) is 3.98. The van der Waals surface area contributed by atoms with E-state index in [1.54, 1.807) is 4.57 Å². The molecule has 0 saturated heterocycles. The first kappa shape index (κ1) is 25.8. The topological polar surface area (TPSA) is 72.8 Å². The largest absolute Gasteiger partial charge is 0.494 e. The van der Waals surface area contributed by atoms with E-state index >= 15 is 0 Å². The minimum atomic E-state index is -0.668. The smallest absolute Gasteiger partial charge is 0.419 e. The normalized spacial score (nSPS) is 13.2. The van der Waals surface area contributed by atoms with Crippen LogP contribution in [0.2, 0.25) is 0 Å². The molecular formula is C29H37N3O4. The number of carbonyl (C=O) groups excluding carboxylic acids is 2. The summed E-state index contributed by atoms with van der Waals surface area (Å²) in [4.78, 5) is 28.7. The van der Waals surface area contributed by atoms with E-state index in [4.69, 9.17) is 9.47 Å². The van der Waals surface area contributed by atoms with Crippen LogP contribution in [0.1, 0.15) is 69.4 Å². The minimum absolute atomic E-state index is 0.148. The highest BCUT2D eigenvalue weighted by atomic mass is 16.6. The third kappa shape index (κ3) is 5.26. The fourth-order valence-corrected chi connectivity index (χ4v) is 4.62. The van der Waals surface area contributed by atoms with Gasteiger partial charge in [-0.25, -0.2) is 9.36 Å². The lowest BCUT2D eigenvalue weighted by molar-refractivity contribution is 0.0547. The highest BCUT2D eigenvalue weighted by Gasteiger charge is 2.29. The number of rotatable bonds is 8. The van der Waals surface area contributed by atoms with Gasteiger partial charge in [0.05, 0.1) is 23.4 Å². The van der Waals surface area contributed by atoms with Crippen molar-refractivity contribution in [3.05, 3.63) is 53.1 Å². The van der Waals surface area contributed by atoms with E-state index in [0.29, 0.717) is 35.7 Å². The Bertz CT molecular complexity index is 1280. The van der Waals surface area contributed by atoms with Crippen LogP contribution in [0.4, 0.5) is 4.79 Å². The molecule has 0 fully saturated rings. The van der Waals surface area contributed by atoms with Crippen molar-refractivity contribution in [2.24, 2.45) is 0 Å². The van der Waals surface area contributed by atoms with Gasteiger partial charge in [0.15, 0.2) is 0 Å². The van der Waals surface area contributed by atoms with Crippen molar-refractivity contribution >= 4 is 22.9 Å². The van der Waals surface area contributed by atoms with Gasteiger partial charge in [-0.2, -0.15) is 0 Å². The molecule has 0 atom stereocenters. The molecule has 7 nitrogen and oxygen atoms in total. The quantitative estimate of drug-likeness (QED) is 0.421. The number of hydrogen-bond acceptors (Lipinski definition) is 5. The van der Waals surface area contributed by atoms with Gasteiger partial charge in [0.1, 0.15) is 11.4 Å². The Morgan fingerprint density at radius 3 is 2.50 bits per heavy atom. The van der Waals surface area contributed by atoms with Gasteiger partial charge in [-0.05, 0) is 81.7 Å². The number of ether oxygens (including phenoxy) is 2. The van der Waals surface area contributed by atoms with Gasteiger partial charge in [0.2, 0.25) is 0 Å². The molecule has 0 radical (unpaired) electrons. The molecule has 192 valence electrons. The van der Waals surface area contributed by atoms with Crippen molar-refractivity contribution in [3.8, 4) is 17.0 Å². The number of nitrogens with one attached hydrogen (secondary N) is 1. The zero-order valence-electron chi connectivity index (χ0n) is 22.2. The maximum absolute atomic E-state index is 13.5. The van der Waals surface area contributed by atoms with Gasteiger partial charge >= 0.3 is 6.09 Å². The number of benzene rings is 2. The van der Waals surface area contributed by atoms with E-state index in [2.05, 4.69) is 43.1 Å². The average Bonchev–Trinajstić information content (AvgIpc) is 3.40. The predicted molar refractivity (Wildman–Crippen MR) is 143 cm³/mol. The Morgan fingerprint density at radius 1 is 1.08 bits per heavy atom. The van der Waals surface area contributed by atoms with Crippen molar-refractivity contribution in [1.82, 2.24) is 14.8 Å². The molecule has 7 heteroatoms. The minimum Gasteiger partial charge on any atom is -0.494 e.